The molecule has 0 aliphatic carbocycles. The predicted octanol–water partition coefficient (Wildman–Crippen LogP) is 1.09. The van der Waals surface area contributed by atoms with Crippen LogP contribution in [0.2, 0.25) is 0 Å². The lowest BCUT2D eigenvalue weighted by Crippen LogP contribution is -2.39. The number of carbonyl (C=O) groups excluding carboxylic acids is 2. The van der Waals surface area contributed by atoms with Gasteiger partial charge in [-0.15, -0.1) is 0 Å². The Hall–Kier alpha value is -2.15. The van der Waals surface area contributed by atoms with Crippen molar-refractivity contribution in [2.24, 2.45) is 0 Å². The van der Waals surface area contributed by atoms with E-state index in [1.807, 2.05) is 30.3 Å². The number of thioether (sulfide) groups is 1. The van der Waals surface area contributed by atoms with Gasteiger partial charge in [0.2, 0.25) is 11.0 Å². The minimum atomic E-state index is -0.361. The first-order valence-corrected chi connectivity index (χ1v) is 7.62. The van der Waals surface area contributed by atoms with Crippen molar-refractivity contribution in [1.82, 2.24) is 20.1 Å². The second-order valence-corrected chi connectivity index (χ2v) is 5.81. The van der Waals surface area contributed by atoms with E-state index in [0.29, 0.717) is 12.2 Å². The first-order chi connectivity index (χ1) is 10.2. The monoisotopic (exact) mass is 302 g/mol. The van der Waals surface area contributed by atoms with Crippen LogP contribution in [0.1, 0.15) is 6.42 Å². The molecule has 21 heavy (non-hydrogen) atoms. The summed E-state index contributed by atoms with van der Waals surface area (Å²) in [4.78, 5) is 27.6. The van der Waals surface area contributed by atoms with Crippen LogP contribution in [0.15, 0.2) is 36.7 Å². The number of hydrogen-bond donors (Lipinski definition) is 1. The Bertz CT molecular complexity index is 656. The van der Waals surface area contributed by atoms with Crippen molar-refractivity contribution in [3.63, 3.8) is 0 Å². The highest BCUT2D eigenvalue weighted by molar-refractivity contribution is 8.14. The minimum absolute atomic E-state index is 0.0342. The first-order valence-electron chi connectivity index (χ1n) is 6.63. The van der Waals surface area contributed by atoms with Gasteiger partial charge in [-0.3, -0.25) is 9.59 Å². The molecule has 1 aromatic carbocycles. The molecule has 3 rings (SSSR count). The second-order valence-electron chi connectivity index (χ2n) is 4.71. The third-order valence-corrected chi connectivity index (χ3v) is 4.15. The van der Waals surface area contributed by atoms with E-state index in [1.165, 1.54) is 22.8 Å². The zero-order valence-corrected chi connectivity index (χ0v) is 12.0. The van der Waals surface area contributed by atoms with Crippen LogP contribution in [0.4, 0.5) is 0 Å². The fourth-order valence-electron chi connectivity index (χ4n) is 2.10. The van der Waals surface area contributed by atoms with E-state index in [4.69, 9.17) is 0 Å². The molecule has 108 valence electrons. The number of nitrogens with zero attached hydrogens (tertiary/aromatic N) is 3. The standard InChI is InChI=1S/C14H14N4O2S/c19-12(16-11-6-7-21-14(11)20)8-18-9-15-13(17-18)10-4-2-1-3-5-10/h1-5,9,11H,6-8H2,(H,16,19)/t11-/m1/s1. The van der Waals surface area contributed by atoms with Crippen molar-refractivity contribution in [2.75, 3.05) is 5.75 Å². The summed E-state index contributed by atoms with van der Waals surface area (Å²) in [6.45, 7) is 0.0638. The van der Waals surface area contributed by atoms with E-state index in [0.717, 1.165) is 11.3 Å². The van der Waals surface area contributed by atoms with Gasteiger partial charge in [0.1, 0.15) is 12.9 Å². The maximum atomic E-state index is 11.9. The number of amides is 1. The minimum Gasteiger partial charge on any atom is -0.344 e. The third-order valence-electron chi connectivity index (χ3n) is 3.14. The van der Waals surface area contributed by atoms with Crippen molar-refractivity contribution < 1.29 is 9.59 Å². The van der Waals surface area contributed by atoms with E-state index in [1.54, 1.807) is 0 Å². The summed E-state index contributed by atoms with van der Waals surface area (Å²) >= 11 is 1.27. The summed E-state index contributed by atoms with van der Waals surface area (Å²) < 4.78 is 1.48. The van der Waals surface area contributed by atoms with Gasteiger partial charge in [-0.1, -0.05) is 42.1 Å². The van der Waals surface area contributed by atoms with Gasteiger partial charge in [-0.05, 0) is 6.42 Å². The van der Waals surface area contributed by atoms with Gasteiger partial charge in [-0.25, -0.2) is 9.67 Å². The largest absolute Gasteiger partial charge is 0.344 e. The van der Waals surface area contributed by atoms with Crippen LogP contribution >= 0.6 is 11.8 Å². The SMILES string of the molecule is O=C(Cn1cnc(-c2ccccc2)n1)N[C@@H]1CCSC1=O. The molecule has 1 fully saturated rings. The molecule has 0 saturated carbocycles. The number of aromatic nitrogens is 3. The molecule has 1 aromatic heterocycles. The molecule has 7 heteroatoms. The molecule has 2 heterocycles. The maximum Gasteiger partial charge on any atom is 0.242 e. The Labute approximate surface area is 125 Å². The van der Waals surface area contributed by atoms with Crippen molar-refractivity contribution in [3.05, 3.63) is 36.7 Å². The quantitative estimate of drug-likeness (QED) is 0.915. The molecule has 0 bridgehead atoms. The maximum absolute atomic E-state index is 11.9. The van der Waals surface area contributed by atoms with Gasteiger partial charge < -0.3 is 5.32 Å². The van der Waals surface area contributed by atoms with Crippen molar-refractivity contribution in [1.29, 1.82) is 0 Å². The van der Waals surface area contributed by atoms with E-state index >= 15 is 0 Å². The average molecular weight is 302 g/mol. The Morgan fingerprint density at radius 1 is 1.38 bits per heavy atom. The van der Waals surface area contributed by atoms with Gasteiger partial charge in [0.15, 0.2) is 5.82 Å². The van der Waals surface area contributed by atoms with E-state index in [2.05, 4.69) is 15.4 Å². The molecule has 0 radical (unpaired) electrons. The molecule has 2 aromatic rings. The molecule has 0 spiro atoms. The fraction of sp³-hybridized carbons (Fsp3) is 0.286. The molecule has 1 aliphatic heterocycles. The van der Waals surface area contributed by atoms with Crippen LogP contribution in [-0.2, 0) is 16.1 Å². The summed E-state index contributed by atoms with van der Waals surface area (Å²) in [5.74, 6) is 1.13. The zero-order valence-electron chi connectivity index (χ0n) is 11.2. The van der Waals surface area contributed by atoms with Gasteiger partial charge in [0.05, 0.1) is 6.04 Å². The van der Waals surface area contributed by atoms with Crippen molar-refractivity contribution in [3.8, 4) is 11.4 Å². The van der Waals surface area contributed by atoms with E-state index in [-0.39, 0.29) is 23.6 Å². The summed E-state index contributed by atoms with van der Waals surface area (Å²) in [6.07, 6.45) is 2.22. The van der Waals surface area contributed by atoms with Gasteiger partial charge in [-0.2, -0.15) is 5.10 Å². The van der Waals surface area contributed by atoms with Gasteiger partial charge in [0.25, 0.3) is 0 Å². The summed E-state index contributed by atoms with van der Waals surface area (Å²) in [5.41, 5.74) is 0.902. The molecule has 1 amide bonds. The number of carbonyl (C=O) groups is 2. The highest BCUT2D eigenvalue weighted by atomic mass is 32.2. The Morgan fingerprint density at radius 2 is 2.19 bits per heavy atom. The number of hydrogen-bond acceptors (Lipinski definition) is 5. The third kappa shape index (κ3) is 3.30. The molecule has 1 saturated heterocycles. The lowest BCUT2D eigenvalue weighted by atomic mass is 10.2. The molecule has 6 nitrogen and oxygen atoms in total. The van der Waals surface area contributed by atoms with Crippen LogP contribution < -0.4 is 5.32 Å². The number of rotatable bonds is 4. The van der Waals surface area contributed by atoms with Crippen LogP contribution in [0, 0.1) is 0 Å². The zero-order chi connectivity index (χ0) is 14.7. The lowest BCUT2D eigenvalue weighted by molar-refractivity contribution is -0.125. The summed E-state index contributed by atoms with van der Waals surface area (Å²) in [5, 5.41) is 7.03. The predicted molar refractivity (Wildman–Crippen MR) is 79.5 cm³/mol. The summed E-state index contributed by atoms with van der Waals surface area (Å²) in [6, 6.07) is 9.20. The van der Waals surface area contributed by atoms with E-state index in [9.17, 15) is 9.59 Å². The molecule has 1 atom stereocenters. The highest BCUT2D eigenvalue weighted by Crippen LogP contribution is 2.19. The second kappa shape index (κ2) is 6.09. The normalized spacial score (nSPS) is 17.9. The molecule has 0 unspecified atom stereocenters. The van der Waals surface area contributed by atoms with Crippen molar-refractivity contribution in [2.45, 2.75) is 19.0 Å². The van der Waals surface area contributed by atoms with Crippen LogP contribution in [-0.4, -0.2) is 37.6 Å². The number of benzene rings is 1. The fourth-order valence-corrected chi connectivity index (χ4v) is 3.04. The Kier molecular flexibility index (Phi) is 4.01. The van der Waals surface area contributed by atoms with Crippen LogP contribution in [0.5, 0.6) is 0 Å². The molecular weight excluding hydrogens is 288 g/mol. The van der Waals surface area contributed by atoms with Gasteiger partial charge in [0, 0.05) is 11.3 Å². The Morgan fingerprint density at radius 3 is 2.90 bits per heavy atom. The van der Waals surface area contributed by atoms with Crippen LogP contribution in [0.3, 0.4) is 0 Å². The highest BCUT2D eigenvalue weighted by Gasteiger charge is 2.26. The topological polar surface area (TPSA) is 76.9 Å². The Balaban J connectivity index is 1.62. The molecule has 1 N–H and O–H groups in total. The van der Waals surface area contributed by atoms with Crippen molar-refractivity contribution >= 4 is 22.8 Å². The summed E-state index contributed by atoms with van der Waals surface area (Å²) in [7, 11) is 0. The lowest BCUT2D eigenvalue weighted by Gasteiger charge is -2.09. The molecule has 1 aliphatic rings. The van der Waals surface area contributed by atoms with Gasteiger partial charge >= 0.3 is 0 Å². The van der Waals surface area contributed by atoms with E-state index < -0.39 is 0 Å². The smallest absolute Gasteiger partial charge is 0.242 e. The average Bonchev–Trinajstić information content (AvgIpc) is 3.10. The molecular formula is C14H14N4O2S. The first kappa shape index (κ1) is 13.8. The number of nitrogens with one attached hydrogen (secondary N) is 1. The van der Waals surface area contributed by atoms with Crippen LogP contribution in [0.25, 0.3) is 11.4 Å².